The maximum absolute atomic E-state index is 12.0. The summed E-state index contributed by atoms with van der Waals surface area (Å²) < 4.78 is 24.1. The van der Waals surface area contributed by atoms with Gasteiger partial charge in [0.2, 0.25) is 6.43 Å². The van der Waals surface area contributed by atoms with E-state index in [0.717, 1.165) is 12.0 Å². The number of hydrogen-bond acceptors (Lipinski definition) is 1. The average Bonchev–Trinajstić information content (AvgIpc) is 2.17. The first-order valence-corrected chi connectivity index (χ1v) is 4.76. The fourth-order valence-electron chi connectivity index (χ4n) is 1.33. The smallest absolute Gasteiger partial charge is 0.240 e. The van der Waals surface area contributed by atoms with Gasteiger partial charge in [-0.2, -0.15) is 0 Å². The summed E-state index contributed by atoms with van der Waals surface area (Å²) in [5.74, 6) is 0. The number of halogens is 3. The quantitative estimate of drug-likeness (QED) is 0.851. The molecule has 0 heterocycles. The van der Waals surface area contributed by atoms with Gasteiger partial charge in [-0.25, -0.2) is 8.78 Å². The lowest BCUT2D eigenvalue weighted by Crippen LogP contribution is -2.13. The molecule has 0 bridgehead atoms. The largest absolute Gasteiger partial charge is 0.324 e. The summed E-state index contributed by atoms with van der Waals surface area (Å²) in [4.78, 5) is 0. The minimum Gasteiger partial charge on any atom is -0.324 e. The molecule has 0 radical (unpaired) electrons. The molecule has 0 aliphatic rings. The van der Waals surface area contributed by atoms with E-state index in [9.17, 15) is 8.78 Å². The molecule has 15 heavy (non-hydrogen) atoms. The lowest BCUT2D eigenvalue weighted by molar-refractivity contribution is 0.128. The maximum atomic E-state index is 12.0. The number of hydrogen-bond donors (Lipinski definition) is 1. The van der Waals surface area contributed by atoms with Crippen LogP contribution in [-0.4, -0.2) is 6.43 Å². The van der Waals surface area contributed by atoms with Crippen molar-refractivity contribution in [2.45, 2.75) is 32.2 Å². The molecule has 4 heteroatoms. The Hall–Kier alpha value is -0.670. The molecule has 1 nitrogen and oxygen atoms in total. The molecular weight excluding hydrogens is 220 g/mol. The van der Waals surface area contributed by atoms with Crippen LogP contribution in [0.5, 0.6) is 0 Å². The fraction of sp³-hybridized carbons (Fsp3) is 0.455. The van der Waals surface area contributed by atoms with Crippen molar-refractivity contribution in [1.29, 1.82) is 0 Å². The van der Waals surface area contributed by atoms with Crippen molar-refractivity contribution >= 4 is 12.4 Å². The van der Waals surface area contributed by atoms with Gasteiger partial charge in [-0.3, -0.25) is 0 Å². The van der Waals surface area contributed by atoms with E-state index in [1.54, 1.807) is 0 Å². The standard InChI is InChI=1S/C11H15F2N.ClH/c1-2-8-3-5-9(6-4-8)10(14)7-11(12)13;/h3-6,10-11H,2,7,14H2,1H3;1H/t10-;/m0./s1. The fourth-order valence-corrected chi connectivity index (χ4v) is 1.33. The molecule has 1 atom stereocenters. The second-order valence-electron chi connectivity index (χ2n) is 3.33. The summed E-state index contributed by atoms with van der Waals surface area (Å²) in [6.07, 6.45) is -1.66. The first kappa shape index (κ1) is 14.3. The number of aryl methyl sites for hydroxylation is 1. The monoisotopic (exact) mass is 235 g/mol. The molecule has 0 fully saturated rings. The highest BCUT2D eigenvalue weighted by Gasteiger charge is 2.12. The van der Waals surface area contributed by atoms with E-state index < -0.39 is 12.5 Å². The second-order valence-corrected chi connectivity index (χ2v) is 3.33. The Labute approximate surface area is 95.1 Å². The summed E-state index contributed by atoms with van der Waals surface area (Å²) in [6.45, 7) is 2.05. The zero-order chi connectivity index (χ0) is 10.6. The Bertz CT molecular complexity index is 274. The molecule has 0 saturated carbocycles. The van der Waals surface area contributed by atoms with Gasteiger partial charge in [0.25, 0.3) is 0 Å². The normalized spacial score (nSPS) is 12.3. The maximum Gasteiger partial charge on any atom is 0.240 e. The van der Waals surface area contributed by atoms with E-state index in [-0.39, 0.29) is 18.8 Å². The Kier molecular flexibility index (Phi) is 6.45. The van der Waals surface area contributed by atoms with Gasteiger partial charge in [0.1, 0.15) is 0 Å². The lowest BCUT2D eigenvalue weighted by Gasteiger charge is -2.11. The molecule has 1 aromatic carbocycles. The molecule has 1 aromatic rings. The molecule has 0 amide bonds. The van der Waals surface area contributed by atoms with Gasteiger partial charge in [-0.05, 0) is 17.5 Å². The molecule has 0 saturated heterocycles. The van der Waals surface area contributed by atoms with Crippen LogP contribution in [0.15, 0.2) is 24.3 Å². The number of rotatable bonds is 4. The van der Waals surface area contributed by atoms with E-state index in [2.05, 4.69) is 0 Å². The Morgan fingerprint density at radius 3 is 2.13 bits per heavy atom. The van der Waals surface area contributed by atoms with E-state index in [1.165, 1.54) is 5.56 Å². The van der Waals surface area contributed by atoms with E-state index in [4.69, 9.17) is 5.73 Å². The highest BCUT2D eigenvalue weighted by molar-refractivity contribution is 5.85. The van der Waals surface area contributed by atoms with Gasteiger partial charge in [0.15, 0.2) is 0 Å². The predicted octanol–water partition coefficient (Wildman–Crippen LogP) is 3.33. The molecule has 86 valence electrons. The Morgan fingerprint density at radius 2 is 1.73 bits per heavy atom. The Balaban J connectivity index is 0.00000196. The molecular formula is C11H16ClF2N. The summed E-state index contributed by atoms with van der Waals surface area (Å²) >= 11 is 0. The van der Waals surface area contributed by atoms with Gasteiger partial charge < -0.3 is 5.73 Å². The van der Waals surface area contributed by atoms with Crippen molar-refractivity contribution in [2.75, 3.05) is 0 Å². The predicted molar refractivity (Wildman–Crippen MR) is 60.6 cm³/mol. The van der Waals surface area contributed by atoms with Crippen LogP contribution in [0.4, 0.5) is 8.78 Å². The summed E-state index contributed by atoms with van der Waals surface area (Å²) in [6, 6.07) is 6.96. The molecule has 0 unspecified atom stereocenters. The highest BCUT2D eigenvalue weighted by atomic mass is 35.5. The third-order valence-corrected chi connectivity index (χ3v) is 2.25. The third-order valence-electron chi connectivity index (χ3n) is 2.25. The van der Waals surface area contributed by atoms with Crippen LogP contribution in [0.3, 0.4) is 0 Å². The van der Waals surface area contributed by atoms with Crippen molar-refractivity contribution in [3.63, 3.8) is 0 Å². The number of nitrogens with two attached hydrogens (primary N) is 1. The number of benzene rings is 1. The zero-order valence-corrected chi connectivity index (χ0v) is 9.44. The van der Waals surface area contributed by atoms with Gasteiger partial charge in [-0.1, -0.05) is 31.2 Å². The number of alkyl halides is 2. The second kappa shape index (κ2) is 6.75. The Morgan fingerprint density at radius 1 is 1.20 bits per heavy atom. The topological polar surface area (TPSA) is 26.0 Å². The van der Waals surface area contributed by atoms with Crippen molar-refractivity contribution in [1.82, 2.24) is 0 Å². The average molecular weight is 236 g/mol. The first-order chi connectivity index (χ1) is 6.63. The molecule has 0 aromatic heterocycles. The summed E-state index contributed by atoms with van der Waals surface area (Å²) in [7, 11) is 0. The van der Waals surface area contributed by atoms with Crippen LogP contribution in [0, 0.1) is 0 Å². The van der Waals surface area contributed by atoms with Crippen molar-refractivity contribution in [2.24, 2.45) is 5.73 Å². The van der Waals surface area contributed by atoms with Crippen LogP contribution in [0.1, 0.15) is 30.5 Å². The van der Waals surface area contributed by atoms with Crippen molar-refractivity contribution in [3.05, 3.63) is 35.4 Å². The highest BCUT2D eigenvalue weighted by Crippen LogP contribution is 2.18. The SMILES string of the molecule is CCc1ccc([C@@H](N)CC(F)F)cc1.Cl. The minimum atomic E-state index is -2.34. The van der Waals surface area contributed by atoms with E-state index >= 15 is 0 Å². The van der Waals surface area contributed by atoms with Crippen LogP contribution in [0.2, 0.25) is 0 Å². The molecule has 0 spiro atoms. The summed E-state index contributed by atoms with van der Waals surface area (Å²) in [5, 5.41) is 0. The van der Waals surface area contributed by atoms with Crippen LogP contribution in [0.25, 0.3) is 0 Å². The van der Waals surface area contributed by atoms with Crippen molar-refractivity contribution in [3.8, 4) is 0 Å². The van der Waals surface area contributed by atoms with Gasteiger partial charge >= 0.3 is 0 Å². The van der Waals surface area contributed by atoms with E-state index in [1.807, 2.05) is 31.2 Å². The van der Waals surface area contributed by atoms with Gasteiger partial charge in [0.05, 0.1) is 0 Å². The molecule has 0 aliphatic heterocycles. The lowest BCUT2D eigenvalue weighted by atomic mass is 10.0. The molecule has 0 aliphatic carbocycles. The van der Waals surface area contributed by atoms with Crippen molar-refractivity contribution < 1.29 is 8.78 Å². The van der Waals surface area contributed by atoms with Gasteiger partial charge in [-0.15, -0.1) is 12.4 Å². The zero-order valence-electron chi connectivity index (χ0n) is 8.62. The van der Waals surface area contributed by atoms with Crippen LogP contribution >= 0.6 is 12.4 Å². The van der Waals surface area contributed by atoms with E-state index in [0.29, 0.717) is 0 Å². The third kappa shape index (κ3) is 4.58. The van der Waals surface area contributed by atoms with Crippen LogP contribution < -0.4 is 5.73 Å². The molecule has 1 rings (SSSR count). The van der Waals surface area contributed by atoms with Crippen LogP contribution in [-0.2, 0) is 6.42 Å². The summed E-state index contributed by atoms with van der Waals surface area (Å²) in [5.41, 5.74) is 7.58. The minimum absolute atomic E-state index is 0. The first-order valence-electron chi connectivity index (χ1n) is 4.76. The van der Waals surface area contributed by atoms with Gasteiger partial charge in [0, 0.05) is 12.5 Å². The molecule has 2 N–H and O–H groups in total.